The highest BCUT2D eigenvalue weighted by Gasteiger charge is 2.07. The predicted octanol–water partition coefficient (Wildman–Crippen LogP) is 1.06. The van der Waals surface area contributed by atoms with Crippen molar-refractivity contribution in [2.75, 3.05) is 19.8 Å². The Labute approximate surface area is 118 Å². The third-order valence-electron chi connectivity index (χ3n) is 2.32. The number of rotatable bonds is 7. The van der Waals surface area contributed by atoms with Gasteiger partial charge in [0, 0.05) is 0 Å². The van der Waals surface area contributed by atoms with E-state index in [-0.39, 0.29) is 26.2 Å². The van der Waals surface area contributed by atoms with E-state index in [0.717, 1.165) is 5.56 Å². The molecule has 5 nitrogen and oxygen atoms in total. The molecule has 0 bridgehead atoms. The third-order valence-corrected chi connectivity index (χ3v) is 2.32. The molecule has 0 saturated heterocycles. The van der Waals surface area contributed by atoms with Crippen LogP contribution >= 0.6 is 0 Å². The van der Waals surface area contributed by atoms with Crippen molar-refractivity contribution in [2.45, 2.75) is 13.3 Å². The molecule has 1 N–H and O–H groups in total. The van der Waals surface area contributed by atoms with Gasteiger partial charge in [-0.25, -0.2) is 0 Å². The van der Waals surface area contributed by atoms with Crippen LogP contribution in [0.5, 0.6) is 5.75 Å². The number of hydrogen-bond acceptors (Lipinski definition) is 4. The van der Waals surface area contributed by atoms with Gasteiger partial charge in [-0.05, 0) is 24.6 Å². The van der Waals surface area contributed by atoms with E-state index >= 15 is 0 Å². The molecule has 20 heavy (non-hydrogen) atoms. The number of nitrogens with one attached hydrogen (secondary N) is 1. The molecule has 0 atom stereocenters. The maximum absolute atomic E-state index is 11.4. The molecule has 1 amide bonds. The second-order valence-electron chi connectivity index (χ2n) is 4.06. The second kappa shape index (κ2) is 8.59. The van der Waals surface area contributed by atoms with Crippen molar-refractivity contribution < 1.29 is 19.1 Å². The highest BCUT2D eigenvalue weighted by atomic mass is 16.5. The Bertz CT molecular complexity index is 505. The Kier molecular flexibility index (Phi) is 6.69. The summed E-state index contributed by atoms with van der Waals surface area (Å²) >= 11 is 0. The lowest BCUT2D eigenvalue weighted by atomic mass is 10.2. The van der Waals surface area contributed by atoms with Gasteiger partial charge in [0.2, 0.25) is 0 Å². The molecule has 0 aliphatic rings. The molecule has 0 aromatic heterocycles. The lowest BCUT2D eigenvalue weighted by molar-refractivity contribution is -0.148. The van der Waals surface area contributed by atoms with Crippen molar-refractivity contribution in [3.8, 4) is 18.1 Å². The number of esters is 1. The number of aryl methyl sites for hydroxylation is 1. The zero-order valence-electron chi connectivity index (χ0n) is 11.3. The maximum atomic E-state index is 11.4. The monoisotopic (exact) mass is 275 g/mol. The zero-order chi connectivity index (χ0) is 14.8. The Morgan fingerprint density at radius 2 is 2.20 bits per heavy atom. The zero-order valence-corrected chi connectivity index (χ0v) is 11.3. The average molecular weight is 275 g/mol. The van der Waals surface area contributed by atoms with Crippen LogP contribution in [-0.2, 0) is 14.3 Å². The largest absolute Gasteiger partial charge is 0.493 e. The van der Waals surface area contributed by atoms with E-state index in [0.29, 0.717) is 5.75 Å². The maximum Gasteiger partial charge on any atom is 0.309 e. The van der Waals surface area contributed by atoms with Crippen LogP contribution in [0.25, 0.3) is 0 Å². The molecule has 0 fully saturated rings. The van der Waals surface area contributed by atoms with E-state index in [9.17, 15) is 9.59 Å². The van der Waals surface area contributed by atoms with Gasteiger partial charge in [0.25, 0.3) is 5.91 Å². The second-order valence-corrected chi connectivity index (χ2v) is 4.06. The molecule has 0 radical (unpaired) electrons. The van der Waals surface area contributed by atoms with Crippen molar-refractivity contribution in [1.82, 2.24) is 5.32 Å². The summed E-state index contributed by atoms with van der Waals surface area (Å²) < 4.78 is 10.2. The lowest BCUT2D eigenvalue weighted by Gasteiger charge is -2.07. The van der Waals surface area contributed by atoms with Gasteiger partial charge in [0.05, 0.1) is 19.6 Å². The summed E-state index contributed by atoms with van der Waals surface area (Å²) in [4.78, 5) is 22.5. The van der Waals surface area contributed by atoms with E-state index in [4.69, 9.17) is 15.9 Å². The summed E-state index contributed by atoms with van der Waals surface area (Å²) in [6.45, 7) is 1.95. The Morgan fingerprint density at radius 3 is 2.90 bits per heavy atom. The van der Waals surface area contributed by atoms with Gasteiger partial charge in [-0.15, -0.1) is 6.42 Å². The van der Waals surface area contributed by atoms with E-state index < -0.39 is 11.9 Å². The molecule has 1 rings (SSSR count). The molecule has 0 aliphatic carbocycles. The summed E-state index contributed by atoms with van der Waals surface area (Å²) in [5.74, 6) is 2.04. The standard InChI is InChI=1S/C15H17NO4/c1-3-8-16-14(17)11-20-15(18)7-9-19-13-6-4-5-12(2)10-13/h1,4-6,10H,7-9,11H2,2H3,(H,16,17). The van der Waals surface area contributed by atoms with E-state index in [2.05, 4.69) is 11.2 Å². The van der Waals surface area contributed by atoms with Gasteiger partial charge in [-0.3, -0.25) is 9.59 Å². The van der Waals surface area contributed by atoms with Gasteiger partial charge < -0.3 is 14.8 Å². The average Bonchev–Trinajstić information content (AvgIpc) is 2.43. The van der Waals surface area contributed by atoms with Crippen molar-refractivity contribution in [2.24, 2.45) is 0 Å². The minimum Gasteiger partial charge on any atom is -0.493 e. The van der Waals surface area contributed by atoms with E-state index in [1.54, 1.807) is 0 Å². The van der Waals surface area contributed by atoms with Crippen LogP contribution in [0.1, 0.15) is 12.0 Å². The number of carbonyl (C=O) groups is 2. The molecule has 1 aromatic carbocycles. The summed E-state index contributed by atoms with van der Waals surface area (Å²) in [5.41, 5.74) is 1.08. The number of amides is 1. The Balaban J connectivity index is 2.17. The van der Waals surface area contributed by atoms with Crippen LogP contribution < -0.4 is 10.1 Å². The van der Waals surface area contributed by atoms with Gasteiger partial charge in [0.15, 0.2) is 6.61 Å². The molecule has 0 spiro atoms. The van der Waals surface area contributed by atoms with Crippen molar-refractivity contribution in [1.29, 1.82) is 0 Å². The SMILES string of the molecule is C#CCNC(=O)COC(=O)CCOc1cccc(C)c1. The van der Waals surface area contributed by atoms with Crippen LogP contribution in [0.2, 0.25) is 0 Å². The van der Waals surface area contributed by atoms with Gasteiger partial charge >= 0.3 is 5.97 Å². The van der Waals surface area contributed by atoms with E-state index in [1.165, 1.54) is 0 Å². The van der Waals surface area contributed by atoms with Crippen molar-refractivity contribution in [3.63, 3.8) is 0 Å². The number of ether oxygens (including phenoxy) is 2. The number of hydrogen-bond donors (Lipinski definition) is 1. The van der Waals surface area contributed by atoms with Gasteiger partial charge in [0.1, 0.15) is 5.75 Å². The van der Waals surface area contributed by atoms with Crippen molar-refractivity contribution >= 4 is 11.9 Å². The normalized spacial score (nSPS) is 9.40. The number of terminal acetylenes is 1. The smallest absolute Gasteiger partial charge is 0.309 e. The van der Waals surface area contributed by atoms with Crippen LogP contribution in [0.15, 0.2) is 24.3 Å². The van der Waals surface area contributed by atoms with Crippen LogP contribution in [-0.4, -0.2) is 31.6 Å². The molecule has 1 aromatic rings. The van der Waals surface area contributed by atoms with Crippen LogP contribution in [0.4, 0.5) is 0 Å². The van der Waals surface area contributed by atoms with Gasteiger partial charge in [-0.1, -0.05) is 18.1 Å². The summed E-state index contributed by atoms with van der Waals surface area (Å²) in [5, 5.41) is 2.39. The fourth-order valence-electron chi connectivity index (χ4n) is 1.38. The quantitative estimate of drug-likeness (QED) is 0.597. The predicted molar refractivity (Wildman–Crippen MR) is 74.1 cm³/mol. The minimum atomic E-state index is -0.492. The van der Waals surface area contributed by atoms with Gasteiger partial charge in [-0.2, -0.15) is 0 Å². The molecule has 0 saturated carbocycles. The Hall–Kier alpha value is -2.48. The molecule has 0 heterocycles. The van der Waals surface area contributed by atoms with Crippen molar-refractivity contribution in [3.05, 3.63) is 29.8 Å². The van der Waals surface area contributed by atoms with Crippen LogP contribution in [0, 0.1) is 19.3 Å². The molecule has 106 valence electrons. The Morgan fingerprint density at radius 1 is 1.40 bits per heavy atom. The number of benzene rings is 1. The lowest BCUT2D eigenvalue weighted by Crippen LogP contribution is -2.29. The first-order valence-corrected chi connectivity index (χ1v) is 6.17. The first-order valence-electron chi connectivity index (χ1n) is 6.17. The summed E-state index contributed by atoms with van der Waals surface area (Å²) in [7, 11) is 0. The first kappa shape index (κ1) is 15.6. The summed E-state index contributed by atoms with van der Waals surface area (Å²) in [6.07, 6.45) is 5.06. The topological polar surface area (TPSA) is 64.6 Å². The number of carbonyl (C=O) groups excluding carboxylic acids is 2. The van der Waals surface area contributed by atoms with E-state index in [1.807, 2.05) is 31.2 Å². The molecular formula is C15H17NO4. The molecular weight excluding hydrogens is 258 g/mol. The fourth-order valence-corrected chi connectivity index (χ4v) is 1.38. The third kappa shape index (κ3) is 6.45. The molecule has 0 unspecified atom stereocenters. The highest BCUT2D eigenvalue weighted by molar-refractivity contribution is 5.80. The first-order chi connectivity index (χ1) is 9.61. The van der Waals surface area contributed by atoms with Crippen LogP contribution in [0.3, 0.4) is 0 Å². The molecule has 0 aliphatic heterocycles. The molecule has 5 heteroatoms. The minimum absolute atomic E-state index is 0.0797. The fraction of sp³-hybridized carbons (Fsp3) is 0.333. The summed E-state index contributed by atoms with van der Waals surface area (Å²) in [6, 6.07) is 7.51. The highest BCUT2D eigenvalue weighted by Crippen LogP contribution is 2.12.